The van der Waals surface area contributed by atoms with Crippen LogP contribution in [0.2, 0.25) is 0 Å². The summed E-state index contributed by atoms with van der Waals surface area (Å²) in [6, 6.07) is 0. The van der Waals surface area contributed by atoms with Gasteiger partial charge in [0.2, 0.25) is 0 Å². The Balaban J connectivity index is 4.02. The second-order valence-electron chi connectivity index (χ2n) is 4.80. The Bertz CT molecular complexity index is 252. The van der Waals surface area contributed by atoms with Gasteiger partial charge in [0, 0.05) is 6.42 Å². The smallest absolute Gasteiger partial charge is 0.196 e. The van der Waals surface area contributed by atoms with Crippen LogP contribution in [0, 0.1) is 0 Å². The third-order valence-corrected chi connectivity index (χ3v) is 9.12. The van der Waals surface area contributed by atoms with Crippen molar-refractivity contribution in [2.45, 2.75) is 57.3 Å². The van der Waals surface area contributed by atoms with E-state index in [0.717, 1.165) is 6.42 Å². The molecule has 0 nitrogen and oxygen atoms in total. The van der Waals surface area contributed by atoms with Crippen LogP contribution in [0.15, 0.2) is 0 Å². The van der Waals surface area contributed by atoms with E-state index in [4.69, 9.17) is 0 Å². The lowest BCUT2D eigenvalue weighted by Crippen LogP contribution is -2.36. The van der Waals surface area contributed by atoms with Crippen LogP contribution in [-0.2, 0) is 0 Å². The summed E-state index contributed by atoms with van der Waals surface area (Å²) in [5.74, 6) is -4.19. The zero-order valence-corrected chi connectivity index (χ0v) is 12.8. The molecule has 0 fully saturated rings. The number of hydrogen-bond donors (Lipinski definition) is 0. The van der Waals surface area contributed by atoms with E-state index in [1.807, 2.05) is 6.66 Å². The topological polar surface area (TPSA) is 0 Å². The average Bonchev–Trinajstić information content (AvgIpc) is 2.22. The van der Waals surface area contributed by atoms with Crippen LogP contribution in [0.25, 0.3) is 0 Å². The van der Waals surface area contributed by atoms with Gasteiger partial charge in [0.25, 0.3) is 0 Å². The summed E-state index contributed by atoms with van der Waals surface area (Å²) < 4.78 is 61.0. The number of halogens is 5. The van der Waals surface area contributed by atoms with Gasteiger partial charge in [-0.2, -0.15) is 22.0 Å². The first kappa shape index (κ1) is 18.4. The van der Waals surface area contributed by atoms with Gasteiger partial charge in [-0.25, -0.2) is 0 Å². The maximum Gasteiger partial charge on any atom is 0.453 e. The Kier molecular flexibility index (Phi) is 6.90. The molecule has 110 valence electrons. The van der Waals surface area contributed by atoms with Gasteiger partial charge < -0.3 is 0 Å². The van der Waals surface area contributed by atoms with Crippen molar-refractivity contribution in [2.75, 3.05) is 12.4 Å². The molecular formula is C11H20F5PS. The van der Waals surface area contributed by atoms with E-state index < -0.39 is 25.6 Å². The van der Waals surface area contributed by atoms with Gasteiger partial charge >= 0.3 is 12.1 Å². The fourth-order valence-electron chi connectivity index (χ4n) is 1.03. The molecule has 0 saturated heterocycles. The van der Waals surface area contributed by atoms with E-state index in [-0.39, 0.29) is 11.6 Å². The van der Waals surface area contributed by atoms with E-state index in [9.17, 15) is 22.0 Å². The first-order valence-corrected chi connectivity index (χ1v) is 9.13. The second kappa shape index (κ2) is 6.74. The minimum atomic E-state index is -5.42. The van der Waals surface area contributed by atoms with Gasteiger partial charge in [-0.3, -0.25) is 0 Å². The molecule has 0 aliphatic rings. The van der Waals surface area contributed by atoms with Gasteiger partial charge in [0.1, 0.15) is 0 Å². The van der Waals surface area contributed by atoms with E-state index in [2.05, 4.69) is 20.8 Å². The maximum atomic E-state index is 12.6. The Morgan fingerprint density at radius 3 is 1.94 bits per heavy atom. The summed E-state index contributed by atoms with van der Waals surface area (Å²) in [4.78, 5) is 0. The van der Waals surface area contributed by atoms with Crippen LogP contribution in [0.4, 0.5) is 22.0 Å². The molecule has 0 aromatic heterocycles. The molecule has 0 amide bonds. The zero-order chi connectivity index (χ0) is 14.6. The summed E-state index contributed by atoms with van der Waals surface area (Å²) in [6.45, 7) is 8.29. The maximum absolute atomic E-state index is 12.6. The van der Waals surface area contributed by atoms with Crippen molar-refractivity contribution in [3.63, 3.8) is 0 Å². The van der Waals surface area contributed by atoms with Gasteiger partial charge in [0.05, 0.1) is 0 Å². The highest BCUT2D eigenvalue weighted by Gasteiger charge is 2.56. The van der Waals surface area contributed by atoms with Crippen LogP contribution in [0.3, 0.4) is 0 Å². The Labute approximate surface area is 111 Å². The molecule has 1 unspecified atom stereocenters. The van der Waals surface area contributed by atoms with Crippen LogP contribution >= 0.6 is 18.5 Å². The fraction of sp³-hybridized carbons (Fsp3) is 1.00. The first-order valence-electron chi connectivity index (χ1n) is 5.75. The fourth-order valence-corrected chi connectivity index (χ4v) is 5.02. The predicted octanol–water partition coefficient (Wildman–Crippen LogP) is 5.91. The highest BCUT2D eigenvalue weighted by Crippen LogP contribution is 2.58. The van der Waals surface area contributed by atoms with Crippen molar-refractivity contribution < 1.29 is 22.0 Å². The van der Waals surface area contributed by atoms with Gasteiger partial charge in [-0.1, -0.05) is 20.8 Å². The standard InChI is InChI=1S/C11H20F5PS/c1-5-9(2,3)17(4)18-8-6-7-10(12,13)11(14,15)16/h5-8H2,1-4H3. The van der Waals surface area contributed by atoms with Crippen molar-refractivity contribution in [1.82, 2.24) is 0 Å². The molecule has 0 rings (SSSR count). The number of hydrogen-bond acceptors (Lipinski definition) is 1. The monoisotopic (exact) mass is 310 g/mol. The average molecular weight is 310 g/mol. The van der Waals surface area contributed by atoms with Crippen LogP contribution < -0.4 is 0 Å². The lowest BCUT2D eigenvalue weighted by molar-refractivity contribution is -0.284. The summed E-state index contributed by atoms with van der Waals surface area (Å²) >= 11 is 1.52. The minimum absolute atomic E-state index is 0.107. The van der Waals surface area contributed by atoms with Gasteiger partial charge in [-0.15, -0.1) is 11.4 Å². The van der Waals surface area contributed by atoms with Crippen molar-refractivity contribution in [2.24, 2.45) is 0 Å². The Morgan fingerprint density at radius 1 is 1.06 bits per heavy atom. The molecule has 0 heterocycles. The molecule has 0 bridgehead atoms. The Hall–Kier alpha value is 0.430. The summed E-state index contributed by atoms with van der Waals surface area (Å²) in [5, 5.41) is 0.131. The quantitative estimate of drug-likeness (QED) is 0.320. The van der Waals surface area contributed by atoms with Crippen molar-refractivity contribution >= 4 is 18.5 Å². The van der Waals surface area contributed by atoms with Crippen LogP contribution in [-0.4, -0.2) is 29.7 Å². The Morgan fingerprint density at radius 2 is 1.56 bits per heavy atom. The molecule has 1 atom stereocenters. The largest absolute Gasteiger partial charge is 0.453 e. The van der Waals surface area contributed by atoms with Crippen molar-refractivity contribution in [1.29, 1.82) is 0 Å². The first-order chi connectivity index (χ1) is 7.94. The predicted molar refractivity (Wildman–Crippen MR) is 69.9 cm³/mol. The number of rotatable bonds is 7. The molecule has 0 N–H and O–H groups in total. The summed E-state index contributed by atoms with van der Waals surface area (Å²) in [7, 11) is -0.409. The van der Waals surface area contributed by atoms with Gasteiger partial charge in [-0.05, 0) is 37.5 Å². The molecule has 0 aromatic rings. The molecule has 0 radical (unpaired) electrons. The molecule has 7 heteroatoms. The normalized spacial score (nSPS) is 15.8. The van der Waals surface area contributed by atoms with E-state index in [1.165, 1.54) is 11.4 Å². The molecule has 0 saturated carbocycles. The van der Waals surface area contributed by atoms with Crippen LogP contribution in [0.5, 0.6) is 0 Å². The lowest BCUT2D eigenvalue weighted by Gasteiger charge is -2.30. The van der Waals surface area contributed by atoms with E-state index >= 15 is 0 Å². The second-order valence-corrected chi connectivity index (χ2v) is 10.1. The minimum Gasteiger partial charge on any atom is -0.196 e. The summed E-state index contributed by atoms with van der Waals surface area (Å²) in [5.41, 5.74) is 0. The zero-order valence-electron chi connectivity index (χ0n) is 11.1. The molecule has 0 aliphatic carbocycles. The third-order valence-electron chi connectivity index (χ3n) is 3.05. The van der Waals surface area contributed by atoms with E-state index in [1.54, 1.807) is 0 Å². The molecular weight excluding hydrogens is 290 g/mol. The van der Waals surface area contributed by atoms with E-state index in [0.29, 0.717) is 5.75 Å². The number of alkyl halides is 5. The molecule has 0 aliphatic heterocycles. The third kappa shape index (κ3) is 5.60. The molecule has 0 aromatic carbocycles. The molecule has 0 spiro atoms. The SMILES string of the molecule is CCC(C)(C)P(C)SCCCC(F)(F)C(F)(F)F. The molecule has 18 heavy (non-hydrogen) atoms. The highest BCUT2D eigenvalue weighted by molar-refractivity contribution is 8.55. The highest BCUT2D eigenvalue weighted by atomic mass is 32.7. The summed E-state index contributed by atoms with van der Waals surface area (Å²) in [6.07, 6.45) is -5.67. The van der Waals surface area contributed by atoms with Gasteiger partial charge in [0.15, 0.2) is 0 Å². The van der Waals surface area contributed by atoms with Crippen LogP contribution in [0.1, 0.15) is 40.0 Å². The van der Waals surface area contributed by atoms with Crippen molar-refractivity contribution in [3.05, 3.63) is 0 Å². The lowest BCUT2D eigenvalue weighted by atomic mass is 10.1. The van der Waals surface area contributed by atoms with Crippen molar-refractivity contribution in [3.8, 4) is 0 Å².